The zero-order chi connectivity index (χ0) is 37.0. The Bertz CT molecular complexity index is 3310. The lowest BCUT2D eigenvalue weighted by molar-refractivity contribution is 1.19. The summed E-state index contributed by atoms with van der Waals surface area (Å²) < 4.78 is 0. The van der Waals surface area contributed by atoms with E-state index in [1.165, 1.54) is 59.6 Å². The summed E-state index contributed by atoms with van der Waals surface area (Å²) in [5.74, 6) is 0.700. The molecule has 11 rings (SSSR count). The van der Waals surface area contributed by atoms with Crippen molar-refractivity contribution in [1.82, 2.24) is 9.97 Å². The van der Waals surface area contributed by atoms with Crippen LogP contribution in [0.1, 0.15) is 0 Å². The number of benzene rings is 10. The summed E-state index contributed by atoms with van der Waals surface area (Å²) in [4.78, 5) is 10.6. The molecule has 0 N–H and O–H groups in total. The van der Waals surface area contributed by atoms with Crippen LogP contribution in [0, 0.1) is 0 Å². The average molecular weight is 711 g/mol. The third kappa shape index (κ3) is 5.34. The molecule has 2 heteroatoms. The summed E-state index contributed by atoms with van der Waals surface area (Å²) in [5.41, 5.74) is 9.65. The van der Waals surface area contributed by atoms with E-state index in [0.29, 0.717) is 5.82 Å². The predicted octanol–water partition coefficient (Wildman–Crippen LogP) is 14.6. The van der Waals surface area contributed by atoms with Gasteiger partial charge in [0.05, 0.1) is 11.4 Å². The van der Waals surface area contributed by atoms with Gasteiger partial charge in [-0.3, -0.25) is 0 Å². The van der Waals surface area contributed by atoms with Crippen molar-refractivity contribution < 1.29 is 0 Å². The zero-order valence-corrected chi connectivity index (χ0v) is 30.5. The third-order valence-electron chi connectivity index (χ3n) is 11.3. The molecule has 0 atom stereocenters. The van der Waals surface area contributed by atoms with Gasteiger partial charge in [-0.15, -0.1) is 0 Å². The van der Waals surface area contributed by atoms with Crippen LogP contribution in [0.2, 0.25) is 0 Å². The highest BCUT2D eigenvalue weighted by molar-refractivity contribution is 6.23. The Kier molecular flexibility index (Phi) is 7.53. The molecule has 2 nitrogen and oxygen atoms in total. The summed E-state index contributed by atoms with van der Waals surface area (Å²) in [7, 11) is 0. The number of hydrogen-bond acceptors (Lipinski definition) is 2. The fourth-order valence-corrected chi connectivity index (χ4v) is 8.61. The molecule has 0 unspecified atom stereocenters. The average Bonchev–Trinajstić information content (AvgIpc) is 3.28. The summed E-state index contributed by atoms with van der Waals surface area (Å²) in [6, 6.07) is 74.1. The maximum Gasteiger partial charge on any atom is 0.160 e. The van der Waals surface area contributed by atoms with Crippen LogP contribution in [0.3, 0.4) is 0 Å². The van der Waals surface area contributed by atoms with Crippen LogP contribution in [0.5, 0.6) is 0 Å². The van der Waals surface area contributed by atoms with Crippen LogP contribution in [0.15, 0.2) is 206 Å². The van der Waals surface area contributed by atoms with Crippen LogP contribution in [-0.4, -0.2) is 9.97 Å². The van der Waals surface area contributed by atoms with Crippen molar-refractivity contribution >= 4 is 53.9 Å². The molecule has 0 aliphatic heterocycles. The second kappa shape index (κ2) is 13.2. The highest BCUT2D eigenvalue weighted by Crippen LogP contribution is 2.44. The van der Waals surface area contributed by atoms with E-state index in [9.17, 15) is 0 Å². The number of hydrogen-bond donors (Lipinski definition) is 0. The molecule has 0 saturated carbocycles. The molecule has 0 bridgehead atoms. The van der Waals surface area contributed by atoms with E-state index in [1.807, 2.05) is 6.07 Å². The molecule has 0 aliphatic carbocycles. The van der Waals surface area contributed by atoms with Crippen LogP contribution in [0.4, 0.5) is 0 Å². The maximum atomic E-state index is 5.32. The number of aromatic nitrogens is 2. The molecular weight excluding hydrogens is 677 g/mol. The fraction of sp³-hybridized carbons (Fsp3) is 0. The first-order chi connectivity index (χ1) is 27.8. The van der Waals surface area contributed by atoms with Crippen molar-refractivity contribution in [3.05, 3.63) is 206 Å². The summed E-state index contributed by atoms with van der Waals surface area (Å²) >= 11 is 0. The molecule has 56 heavy (non-hydrogen) atoms. The van der Waals surface area contributed by atoms with Crippen LogP contribution >= 0.6 is 0 Å². The van der Waals surface area contributed by atoms with E-state index in [-0.39, 0.29) is 0 Å². The van der Waals surface area contributed by atoms with Gasteiger partial charge in [-0.1, -0.05) is 188 Å². The largest absolute Gasteiger partial charge is 0.228 e. The Morgan fingerprint density at radius 1 is 0.250 bits per heavy atom. The topological polar surface area (TPSA) is 25.8 Å². The molecule has 0 radical (unpaired) electrons. The lowest BCUT2D eigenvalue weighted by atomic mass is 9.86. The molecular formula is C54H34N2. The van der Waals surface area contributed by atoms with E-state index in [1.54, 1.807) is 0 Å². The van der Waals surface area contributed by atoms with Crippen molar-refractivity contribution in [3.8, 4) is 56.2 Å². The fourth-order valence-electron chi connectivity index (χ4n) is 8.61. The summed E-state index contributed by atoms with van der Waals surface area (Å²) in [6.07, 6.45) is 0. The lowest BCUT2D eigenvalue weighted by Crippen LogP contribution is -1.98. The van der Waals surface area contributed by atoms with Gasteiger partial charge < -0.3 is 0 Å². The highest BCUT2D eigenvalue weighted by atomic mass is 14.9. The van der Waals surface area contributed by atoms with E-state index in [2.05, 4.69) is 200 Å². The van der Waals surface area contributed by atoms with E-state index >= 15 is 0 Å². The third-order valence-corrected chi connectivity index (χ3v) is 11.3. The predicted molar refractivity (Wildman–Crippen MR) is 237 cm³/mol. The van der Waals surface area contributed by atoms with Gasteiger partial charge in [0.15, 0.2) is 5.82 Å². The van der Waals surface area contributed by atoms with E-state index in [0.717, 1.165) is 44.6 Å². The quantitative estimate of drug-likeness (QED) is 0.131. The van der Waals surface area contributed by atoms with Gasteiger partial charge in [-0.25, -0.2) is 9.97 Å². The van der Waals surface area contributed by atoms with Gasteiger partial charge in [-0.2, -0.15) is 0 Å². The molecule has 0 aliphatic rings. The normalized spacial score (nSPS) is 11.6. The Labute approximate surface area is 325 Å². The minimum atomic E-state index is 0.700. The van der Waals surface area contributed by atoms with Gasteiger partial charge in [0.25, 0.3) is 0 Å². The van der Waals surface area contributed by atoms with Gasteiger partial charge >= 0.3 is 0 Å². The summed E-state index contributed by atoms with van der Waals surface area (Å²) in [6.45, 7) is 0. The Morgan fingerprint density at radius 2 is 0.821 bits per heavy atom. The van der Waals surface area contributed by atoms with Crippen molar-refractivity contribution in [2.24, 2.45) is 0 Å². The SMILES string of the molecule is c1ccc(-c2nc(-c3ccccc3-c3ccc4ccccc4c3)cc(-c3ccc(-c4c5ccccc5cc5c4ccc4ccccc45)c4ccccc34)n2)cc1. The first-order valence-electron chi connectivity index (χ1n) is 19.2. The Morgan fingerprint density at radius 3 is 1.62 bits per heavy atom. The smallest absolute Gasteiger partial charge is 0.160 e. The Balaban J connectivity index is 1.15. The van der Waals surface area contributed by atoms with Gasteiger partial charge in [0, 0.05) is 16.7 Å². The zero-order valence-electron chi connectivity index (χ0n) is 30.5. The van der Waals surface area contributed by atoms with Crippen LogP contribution in [-0.2, 0) is 0 Å². The minimum absolute atomic E-state index is 0.700. The molecule has 10 aromatic carbocycles. The molecule has 0 spiro atoms. The molecule has 1 heterocycles. The van der Waals surface area contributed by atoms with E-state index < -0.39 is 0 Å². The highest BCUT2D eigenvalue weighted by Gasteiger charge is 2.19. The summed E-state index contributed by atoms with van der Waals surface area (Å²) in [5, 5.41) is 12.3. The van der Waals surface area contributed by atoms with Gasteiger partial charge in [-0.05, 0) is 94.3 Å². The molecule has 11 aromatic rings. The van der Waals surface area contributed by atoms with Crippen molar-refractivity contribution in [3.63, 3.8) is 0 Å². The molecule has 1 aromatic heterocycles. The van der Waals surface area contributed by atoms with Crippen molar-refractivity contribution in [2.45, 2.75) is 0 Å². The first kappa shape index (κ1) is 32.0. The van der Waals surface area contributed by atoms with E-state index in [4.69, 9.17) is 9.97 Å². The molecule has 0 amide bonds. The number of nitrogens with zero attached hydrogens (tertiary/aromatic N) is 2. The maximum absolute atomic E-state index is 5.32. The van der Waals surface area contributed by atoms with Crippen molar-refractivity contribution in [1.29, 1.82) is 0 Å². The molecule has 260 valence electrons. The standard InChI is InChI=1S/C54H34N2/c1-2-16-37(17-3-1)54-55-51(46-25-13-10-21-42(46)40-27-26-35-14-4-5-18-38(35)32-40)34-52(56-54)47-30-31-48(45-24-12-11-23-44(45)47)53-43-22-9-7-19-39(43)33-50-41-20-8-6-15-36(41)28-29-49(50)53/h1-34H. The molecule has 0 fully saturated rings. The van der Waals surface area contributed by atoms with Gasteiger partial charge in [0.2, 0.25) is 0 Å². The minimum Gasteiger partial charge on any atom is -0.228 e. The lowest BCUT2D eigenvalue weighted by Gasteiger charge is -2.18. The van der Waals surface area contributed by atoms with Crippen molar-refractivity contribution in [2.75, 3.05) is 0 Å². The second-order valence-electron chi connectivity index (χ2n) is 14.5. The number of fused-ring (bicyclic) bond motifs is 6. The molecule has 0 saturated heterocycles. The first-order valence-corrected chi connectivity index (χ1v) is 19.2. The van der Waals surface area contributed by atoms with Gasteiger partial charge in [0.1, 0.15) is 0 Å². The Hall–Kier alpha value is -7.42. The van der Waals surface area contributed by atoms with Crippen LogP contribution in [0.25, 0.3) is 110 Å². The second-order valence-corrected chi connectivity index (χ2v) is 14.5. The van der Waals surface area contributed by atoms with Crippen LogP contribution < -0.4 is 0 Å². The number of rotatable bonds is 5. The monoisotopic (exact) mass is 710 g/mol.